The van der Waals surface area contributed by atoms with E-state index in [1.807, 2.05) is 12.1 Å². The van der Waals surface area contributed by atoms with Crippen LogP contribution in [0.2, 0.25) is 0 Å². The average Bonchev–Trinajstić information content (AvgIpc) is 2.86. The Labute approximate surface area is 139 Å². The Bertz CT molecular complexity index is 777. The Morgan fingerprint density at radius 3 is 2.17 bits per heavy atom. The van der Waals surface area contributed by atoms with Crippen molar-refractivity contribution in [3.05, 3.63) is 77.1 Å². The number of hydrogen-bond acceptors (Lipinski definition) is 3. The van der Waals surface area contributed by atoms with Crippen LogP contribution in [0.4, 0.5) is 4.39 Å². The summed E-state index contributed by atoms with van der Waals surface area (Å²) in [6.45, 7) is -0.345. The zero-order valence-electron chi connectivity index (χ0n) is 13.2. The second-order valence-electron chi connectivity index (χ2n) is 5.45. The topological polar surface area (TPSA) is 46.6 Å². The molecule has 0 aromatic heterocycles. The van der Waals surface area contributed by atoms with Crippen LogP contribution >= 0.6 is 0 Å². The molecule has 4 nitrogen and oxygen atoms in total. The summed E-state index contributed by atoms with van der Waals surface area (Å²) < 4.78 is 19.2. The first-order valence-corrected chi connectivity index (χ1v) is 7.53. The Balaban J connectivity index is 1.67. The van der Waals surface area contributed by atoms with Gasteiger partial charge in [0.1, 0.15) is 11.6 Å². The summed E-state index contributed by atoms with van der Waals surface area (Å²) in [6.07, 6.45) is 1.75. The number of carbonyl (C=O) groups excluding carboxylic acids is 2. The van der Waals surface area contributed by atoms with Crippen molar-refractivity contribution >= 4 is 11.8 Å². The van der Waals surface area contributed by atoms with Crippen molar-refractivity contribution in [2.75, 3.05) is 13.7 Å². The Morgan fingerprint density at radius 1 is 1.04 bits per heavy atom. The molecule has 2 amide bonds. The van der Waals surface area contributed by atoms with Gasteiger partial charge >= 0.3 is 0 Å². The van der Waals surface area contributed by atoms with Gasteiger partial charge in [-0.2, -0.15) is 0 Å². The summed E-state index contributed by atoms with van der Waals surface area (Å²) in [4.78, 5) is 25.3. The number of carbonyl (C=O) groups is 2. The summed E-state index contributed by atoms with van der Waals surface area (Å²) in [7, 11) is 1.58. The van der Waals surface area contributed by atoms with Gasteiger partial charge in [0.05, 0.1) is 24.8 Å². The van der Waals surface area contributed by atoms with Crippen LogP contribution < -0.4 is 4.74 Å². The molecule has 0 aliphatic carbocycles. The van der Waals surface area contributed by atoms with Crippen LogP contribution in [0.15, 0.2) is 60.4 Å². The molecular weight excluding hydrogens is 309 g/mol. The second-order valence-corrected chi connectivity index (χ2v) is 5.45. The summed E-state index contributed by atoms with van der Waals surface area (Å²) in [5.74, 6) is -0.693. The van der Waals surface area contributed by atoms with Gasteiger partial charge < -0.3 is 4.74 Å². The van der Waals surface area contributed by atoms with E-state index in [4.69, 9.17) is 4.74 Å². The van der Waals surface area contributed by atoms with E-state index in [9.17, 15) is 14.0 Å². The first kappa shape index (κ1) is 15.9. The Hall–Kier alpha value is -2.95. The second kappa shape index (κ2) is 6.66. The fraction of sp³-hybridized carbons (Fsp3) is 0.158. The number of imide groups is 1. The third-order valence-corrected chi connectivity index (χ3v) is 3.91. The normalized spacial score (nSPS) is 14.1. The van der Waals surface area contributed by atoms with Crippen molar-refractivity contribution in [3.63, 3.8) is 0 Å². The van der Waals surface area contributed by atoms with E-state index in [0.717, 1.165) is 16.2 Å². The van der Waals surface area contributed by atoms with E-state index in [2.05, 4.69) is 0 Å². The Morgan fingerprint density at radius 2 is 1.62 bits per heavy atom. The van der Waals surface area contributed by atoms with E-state index in [0.29, 0.717) is 17.5 Å². The van der Waals surface area contributed by atoms with Crippen LogP contribution in [0.1, 0.15) is 26.3 Å². The van der Waals surface area contributed by atoms with Crippen LogP contribution in [0.3, 0.4) is 0 Å². The highest BCUT2D eigenvalue weighted by atomic mass is 19.1. The number of methoxy groups -OCH3 is 1. The summed E-state index contributed by atoms with van der Waals surface area (Å²) >= 11 is 0. The van der Waals surface area contributed by atoms with Crippen molar-refractivity contribution < 1.29 is 18.7 Å². The SMILES string of the molecule is COc1ccc(C/C=C(\F)CN2C(=O)c3ccccc3C2=O)cc1. The number of nitrogens with zero attached hydrogens (tertiary/aromatic N) is 1. The largest absolute Gasteiger partial charge is 0.497 e. The number of hydrogen-bond donors (Lipinski definition) is 0. The number of amides is 2. The van der Waals surface area contributed by atoms with E-state index < -0.39 is 17.6 Å². The van der Waals surface area contributed by atoms with Gasteiger partial charge in [-0.15, -0.1) is 0 Å². The third-order valence-electron chi connectivity index (χ3n) is 3.91. The van der Waals surface area contributed by atoms with Crippen molar-refractivity contribution in [1.29, 1.82) is 0 Å². The maximum atomic E-state index is 14.1. The predicted molar refractivity (Wildman–Crippen MR) is 87.7 cm³/mol. The van der Waals surface area contributed by atoms with Gasteiger partial charge in [0.2, 0.25) is 0 Å². The molecule has 0 saturated carbocycles. The molecule has 24 heavy (non-hydrogen) atoms. The maximum Gasteiger partial charge on any atom is 0.261 e. The summed E-state index contributed by atoms with van der Waals surface area (Å²) in [5.41, 5.74) is 1.56. The van der Waals surface area contributed by atoms with E-state index in [1.54, 1.807) is 43.5 Å². The lowest BCUT2D eigenvalue weighted by Crippen LogP contribution is -2.31. The van der Waals surface area contributed by atoms with Gasteiger partial charge in [-0.25, -0.2) is 4.39 Å². The number of allylic oxidation sites excluding steroid dienone is 1. The molecule has 0 fully saturated rings. The molecule has 0 saturated heterocycles. The van der Waals surface area contributed by atoms with Crippen LogP contribution in [0, 0.1) is 0 Å². The molecule has 122 valence electrons. The van der Waals surface area contributed by atoms with Gasteiger partial charge in [0, 0.05) is 0 Å². The minimum absolute atomic E-state index is 0.324. The highest BCUT2D eigenvalue weighted by Gasteiger charge is 2.35. The van der Waals surface area contributed by atoms with Gasteiger partial charge in [0.15, 0.2) is 0 Å². The zero-order chi connectivity index (χ0) is 17.1. The quantitative estimate of drug-likeness (QED) is 0.792. The molecule has 0 spiro atoms. The fourth-order valence-electron chi connectivity index (χ4n) is 2.59. The molecule has 2 aromatic carbocycles. The van der Waals surface area contributed by atoms with Crippen LogP contribution in [0.5, 0.6) is 5.75 Å². The van der Waals surface area contributed by atoms with Gasteiger partial charge in [-0.3, -0.25) is 14.5 Å². The lowest BCUT2D eigenvalue weighted by Gasteiger charge is -2.12. The summed E-state index contributed by atoms with van der Waals surface area (Å²) in [5, 5.41) is 0. The molecule has 0 atom stereocenters. The van der Waals surface area contributed by atoms with E-state index in [-0.39, 0.29) is 6.54 Å². The predicted octanol–water partition coefficient (Wildman–Crippen LogP) is 3.39. The molecule has 3 rings (SSSR count). The van der Waals surface area contributed by atoms with Crippen molar-refractivity contribution in [2.45, 2.75) is 6.42 Å². The summed E-state index contributed by atoms with van der Waals surface area (Å²) in [6, 6.07) is 13.8. The van der Waals surface area contributed by atoms with Crippen molar-refractivity contribution in [3.8, 4) is 5.75 Å². The van der Waals surface area contributed by atoms with E-state index >= 15 is 0 Å². The number of rotatable bonds is 5. The number of ether oxygens (including phenoxy) is 1. The van der Waals surface area contributed by atoms with Crippen LogP contribution in [-0.4, -0.2) is 30.4 Å². The minimum atomic E-state index is -0.514. The molecular formula is C19H16FNO3. The smallest absolute Gasteiger partial charge is 0.261 e. The lowest BCUT2D eigenvalue weighted by molar-refractivity contribution is 0.0660. The molecule has 1 aliphatic rings. The number of fused-ring (bicyclic) bond motifs is 1. The van der Waals surface area contributed by atoms with Crippen molar-refractivity contribution in [2.24, 2.45) is 0 Å². The highest BCUT2D eigenvalue weighted by molar-refractivity contribution is 6.21. The minimum Gasteiger partial charge on any atom is -0.497 e. The molecule has 0 N–H and O–H groups in total. The first-order chi connectivity index (χ1) is 11.6. The molecule has 0 radical (unpaired) electrons. The van der Waals surface area contributed by atoms with Gasteiger partial charge in [-0.1, -0.05) is 24.3 Å². The average molecular weight is 325 g/mol. The van der Waals surface area contributed by atoms with Gasteiger partial charge in [-0.05, 0) is 42.3 Å². The van der Waals surface area contributed by atoms with Crippen molar-refractivity contribution in [1.82, 2.24) is 4.90 Å². The highest BCUT2D eigenvalue weighted by Crippen LogP contribution is 2.23. The van der Waals surface area contributed by atoms with Crippen LogP contribution in [0.25, 0.3) is 0 Å². The maximum absolute atomic E-state index is 14.1. The zero-order valence-corrected chi connectivity index (χ0v) is 13.2. The molecule has 1 heterocycles. The Kier molecular flexibility index (Phi) is 4.42. The van der Waals surface area contributed by atoms with Gasteiger partial charge in [0.25, 0.3) is 11.8 Å². The molecule has 0 unspecified atom stereocenters. The number of halogens is 1. The lowest BCUT2D eigenvalue weighted by atomic mass is 10.1. The molecule has 5 heteroatoms. The monoisotopic (exact) mass is 325 g/mol. The number of benzene rings is 2. The molecule has 2 aromatic rings. The standard InChI is InChI=1S/C19H16FNO3/c1-24-15-10-7-13(8-11-15)6-9-14(20)12-21-18(22)16-4-2-3-5-17(16)19(21)23/h2-5,7-11H,6,12H2,1H3/b14-9-. The molecule has 1 aliphatic heterocycles. The van der Waals surface area contributed by atoms with Crippen LogP contribution in [-0.2, 0) is 6.42 Å². The first-order valence-electron chi connectivity index (χ1n) is 7.53. The van der Waals surface area contributed by atoms with E-state index in [1.165, 1.54) is 6.08 Å². The fourth-order valence-corrected chi connectivity index (χ4v) is 2.59. The molecule has 0 bridgehead atoms. The third kappa shape index (κ3) is 3.06.